The maximum absolute atomic E-state index is 12.7. The largest absolute Gasteiger partial charge is 0.376 e. The second-order valence-electron chi connectivity index (χ2n) is 4.32. The summed E-state index contributed by atoms with van der Waals surface area (Å²) in [5, 5.41) is 2.87. The average molecular weight is 237 g/mol. The molecule has 92 valence electrons. The van der Waals surface area contributed by atoms with E-state index in [1.54, 1.807) is 0 Å². The lowest BCUT2D eigenvalue weighted by molar-refractivity contribution is 0.0712. The summed E-state index contributed by atoms with van der Waals surface area (Å²) in [6.07, 6.45) is 2.12. The number of carbonyl (C=O) groups excluding carboxylic acids is 1. The van der Waals surface area contributed by atoms with Gasteiger partial charge in [0.05, 0.1) is 12.1 Å². The standard InChI is InChI=1S/C13H16FNO2/c1-9(12-3-2-8-17-12)15-13(16)10-4-6-11(14)7-5-10/h4-7,9,12H,2-3,8H2,1H3,(H,15,16)/t9-,12+/m1/s1. The topological polar surface area (TPSA) is 38.3 Å². The lowest BCUT2D eigenvalue weighted by Gasteiger charge is -2.19. The fourth-order valence-corrected chi connectivity index (χ4v) is 1.98. The zero-order valence-electron chi connectivity index (χ0n) is 9.78. The van der Waals surface area contributed by atoms with E-state index < -0.39 is 0 Å². The highest BCUT2D eigenvalue weighted by Crippen LogP contribution is 2.15. The second kappa shape index (κ2) is 5.27. The molecule has 0 aliphatic carbocycles. The Morgan fingerprint density at radius 1 is 1.47 bits per heavy atom. The van der Waals surface area contributed by atoms with Crippen LogP contribution < -0.4 is 5.32 Å². The lowest BCUT2D eigenvalue weighted by atomic mass is 10.1. The van der Waals surface area contributed by atoms with Gasteiger partial charge in [-0.3, -0.25) is 4.79 Å². The first-order chi connectivity index (χ1) is 8.16. The molecule has 1 aliphatic heterocycles. The third-order valence-electron chi connectivity index (χ3n) is 2.99. The summed E-state index contributed by atoms with van der Waals surface area (Å²) in [6, 6.07) is 5.51. The number of ether oxygens (including phenoxy) is 1. The lowest BCUT2D eigenvalue weighted by Crippen LogP contribution is -2.40. The van der Waals surface area contributed by atoms with Crippen LogP contribution in [0.3, 0.4) is 0 Å². The van der Waals surface area contributed by atoms with Gasteiger partial charge in [0.15, 0.2) is 0 Å². The van der Waals surface area contributed by atoms with Crippen LogP contribution in [-0.2, 0) is 4.74 Å². The van der Waals surface area contributed by atoms with Crippen molar-refractivity contribution in [3.63, 3.8) is 0 Å². The van der Waals surface area contributed by atoms with Gasteiger partial charge in [0.25, 0.3) is 5.91 Å². The van der Waals surface area contributed by atoms with Crippen molar-refractivity contribution in [1.29, 1.82) is 0 Å². The van der Waals surface area contributed by atoms with Crippen molar-refractivity contribution >= 4 is 5.91 Å². The first-order valence-corrected chi connectivity index (χ1v) is 5.85. The van der Waals surface area contributed by atoms with Crippen molar-refractivity contribution in [2.24, 2.45) is 0 Å². The van der Waals surface area contributed by atoms with Gasteiger partial charge < -0.3 is 10.1 Å². The third kappa shape index (κ3) is 3.03. The van der Waals surface area contributed by atoms with Crippen LogP contribution in [0, 0.1) is 5.82 Å². The summed E-state index contributed by atoms with van der Waals surface area (Å²) in [7, 11) is 0. The highest BCUT2D eigenvalue weighted by atomic mass is 19.1. The first kappa shape index (κ1) is 12.0. The molecule has 2 atom stereocenters. The van der Waals surface area contributed by atoms with E-state index in [9.17, 15) is 9.18 Å². The van der Waals surface area contributed by atoms with Gasteiger partial charge in [-0.1, -0.05) is 0 Å². The molecule has 1 heterocycles. The summed E-state index contributed by atoms with van der Waals surface area (Å²) in [5.41, 5.74) is 0.469. The van der Waals surface area contributed by atoms with E-state index in [-0.39, 0.29) is 23.9 Å². The van der Waals surface area contributed by atoms with Gasteiger partial charge in [0.1, 0.15) is 5.82 Å². The van der Waals surface area contributed by atoms with Gasteiger partial charge in [-0.25, -0.2) is 4.39 Å². The molecular weight excluding hydrogens is 221 g/mol. The Labute approximate surface area is 100.0 Å². The number of amides is 1. The number of carbonyl (C=O) groups is 1. The van der Waals surface area contributed by atoms with E-state index in [1.165, 1.54) is 24.3 Å². The van der Waals surface area contributed by atoms with Crippen molar-refractivity contribution < 1.29 is 13.9 Å². The van der Waals surface area contributed by atoms with Gasteiger partial charge in [-0.15, -0.1) is 0 Å². The number of nitrogens with one attached hydrogen (secondary N) is 1. The molecule has 2 rings (SSSR count). The number of hydrogen-bond donors (Lipinski definition) is 1. The van der Waals surface area contributed by atoms with E-state index >= 15 is 0 Å². The van der Waals surface area contributed by atoms with Crippen LogP contribution in [0.5, 0.6) is 0 Å². The van der Waals surface area contributed by atoms with E-state index in [2.05, 4.69) is 5.32 Å². The quantitative estimate of drug-likeness (QED) is 0.874. The van der Waals surface area contributed by atoms with Crippen molar-refractivity contribution in [2.75, 3.05) is 6.61 Å². The van der Waals surface area contributed by atoms with Crippen LogP contribution in [0.2, 0.25) is 0 Å². The SMILES string of the molecule is C[C@@H](NC(=O)c1ccc(F)cc1)[C@@H]1CCCO1. The van der Waals surface area contributed by atoms with Crippen molar-refractivity contribution in [3.05, 3.63) is 35.6 Å². The van der Waals surface area contributed by atoms with Crippen LogP contribution in [-0.4, -0.2) is 24.7 Å². The van der Waals surface area contributed by atoms with E-state index in [0.29, 0.717) is 5.56 Å². The zero-order valence-corrected chi connectivity index (χ0v) is 9.78. The highest BCUT2D eigenvalue weighted by molar-refractivity contribution is 5.94. The Morgan fingerprint density at radius 3 is 2.76 bits per heavy atom. The molecule has 0 radical (unpaired) electrons. The predicted octanol–water partition coefficient (Wildman–Crippen LogP) is 2.12. The Bertz CT molecular complexity index is 385. The van der Waals surface area contributed by atoms with E-state index in [4.69, 9.17) is 4.74 Å². The maximum Gasteiger partial charge on any atom is 0.251 e. The molecule has 1 N–H and O–H groups in total. The zero-order chi connectivity index (χ0) is 12.3. The molecule has 0 spiro atoms. The summed E-state index contributed by atoms with van der Waals surface area (Å²) in [4.78, 5) is 11.8. The third-order valence-corrected chi connectivity index (χ3v) is 2.99. The first-order valence-electron chi connectivity index (χ1n) is 5.85. The minimum Gasteiger partial charge on any atom is -0.376 e. The predicted molar refractivity (Wildman–Crippen MR) is 62.3 cm³/mol. The number of rotatable bonds is 3. The second-order valence-corrected chi connectivity index (χ2v) is 4.32. The molecule has 3 nitrogen and oxygen atoms in total. The van der Waals surface area contributed by atoms with Gasteiger partial charge in [0.2, 0.25) is 0 Å². The van der Waals surface area contributed by atoms with Crippen LogP contribution in [0.25, 0.3) is 0 Å². The summed E-state index contributed by atoms with van der Waals surface area (Å²) in [6.45, 7) is 2.69. The van der Waals surface area contributed by atoms with Crippen molar-refractivity contribution in [2.45, 2.75) is 31.9 Å². The molecule has 0 unspecified atom stereocenters. The number of benzene rings is 1. The minimum atomic E-state index is -0.339. The molecule has 17 heavy (non-hydrogen) atoms. The summed E-state index contributed by atoms with van der Waals surface area (Å²) >= 11 is 0. The average Bonchev–Trinajstić information content (AvgIpc) is 2.83. The fraction of sp³-hybridized carbons (Fsp3) is 0.462. The highest BCUT2D eigenvalue weighted by Gasteiger charge is 2.23. The Morgan fingerprint density at radius 2 is 2.18 bits per heavy atom. The van der Waals surface area contributed by atoms with Gasteiger partial charge >= 0.3 is 0 Å². The molecule has 1 aromatic rings. The summed E-state index contributed by atoms with van der Waals surface area (Å²) in [5.74, 6) is -0.526. The molecule has 1 aliphatic rings. The number of hydrogen-bond acceptors (Lipinski definition) is 2. The van der Waals surface area contributed by atoms with Crippen LogP contribution in [0.1, 0.15) is 30.1 Å². The normalized spacial score (nSPS) is 21.2. The van der Waals surface area contributed by atoms with Gasteiger partial charge in [-0.05, 0) is 44.0 Å². The smallest absolute Gasteiger partial charge is 0.251 e. The Kier molecular flexibility index (Phi) is 3.74. The van der Waals surface area contributed by atoms with E-state index in [0.717, 1.165) is 19.4 Å². The number of halogens is 1. The Balaban J connectivity index is 1.94. The van der Waals surface area contributed by atoms with E-state index in [1.807, 2.05) is 6.92 Å². The molecule has 0 saturated carbocycles. The minimum absolute atomic E-state index is 0.0185. The van der Waals surface area contributed by atoms with Gasteiger partial charge in [0, 0.05) is 12.2 Å². The van der Waals surface area contributed by atoms with Crippen molar-refractivity contribution in [1.82, 2.24) is 5.32 Å². The molecule has 0 aromatic heterocycles. The summed E-state index contributed by atoms with van der Waals surface area (Å²) < 4.78 is 18.2. The molecule has 4 heteroatoms. The molecule has 0 bridgehead atoms. The maximum atomic E-state index is 12.7. The van der Waals surface area contributed by atoms with Gasteiger partial charge in [-0.2, -0.15) is 0 Å². The van der Waals surface area contributed by atoms with Crippen LogP contribution in [0.4, 0.5) is 4.39 Å². The molecular formula is C13H16FNO2. The molecule has 1 saturated heterocycles. The molecule has 1 fully saturated rings. The van der Waals surface area contributed by atoms with Crippen LogP contribution >= 0.6 is 0 Å². The fourth-order valence-electron chi connectivity index (χ4n) is 1.98. The van der Waals surface area contributed by atoms with Crippen LogP contribution in [0.15, 0.2) is 24.3 Å². The molecule has 1 aromatic carbocycles. The Hall–Kier alpha value is -1.42. The van der Waals surface area contributed by atoms with Crippen molar-refractivity contribution in [3.8, 4) is 0 Å². The molecule has 1 amide bonds. The monoisotopic (exact) mass is 237 g/mol.